The molecule has 6 nitrogen and oxygen atoms in total. The first kappa shape index (κ1) is 20.5. The normalized spacial score (nSPS) is 13.4. The van der Waals surface area contributed by atoms with E-state index in [0.29, 0.717) is 36.6 Å². The van der Waals surface area contributed by atoms with Crippen LogP contribution >= 0.6 is 0 Å². The highest BCUT2D eigenvalue weighted by atomic mass is 19.1. The fraction of sp³-hybridized carbons (Fsp3) is 0.208. The molecule has 1 N–H and O–H groups in total. The molecule has 1 saturated heterocycles. The topological polar surface area (TPSA) is 71.5 Å². The van der Waals surface area contributed by atoms with Crippen molar-refractivity contribution in [3.8, 4) is 5.75 Å². The van der Waals surface area contributed by atoms with Gasteiger partial charge in [-0.1, -0.05) is 12.1 Å². The Bertz CT molecular complexity index is 1120. The van der Waals surface area contributed by atoms with Gasteiger partial charge in [0.05, 0.1) is 11.9 Å². The Hall–Kier alpha value is -3.74. The van der Waals surface area contributed by atoms with Crippen LogP contribution in [0.4, 0.5) is 15.8 Å². The molecule has 1 aliphatic rings. The number of hydrogen-bond acceptors (Lipinski definition) is 4. The maximum Gasteiger partial charge on any atom is 0.255 e. The van der Waals surface area contributed by atoms with Gasteiger partial charge in [0.25, 0.3) is 5.91 Å². The number of aryl methyl sites for hydroxylation is 1. The number of hydrogen-bond donors (Lipinski definition) is 1. The van der Waals surface area contributed by atoms with Crippen molar-refractivity contribution in [1.29, 1.82) is 0 Å². The third-order valence-corrected chi connectivity index (χ3v) is 5.05. The molecule has 4 rings (SSSR count). The van der Waals surface area contributed by atoms with E-state index >= 15 is 0 Å². The second-order valence-corrected chi connectivity index (χ2v) is 7.39. The lowest BCUT2D eigenvalue weighted by atomic mass is 10.1. The molecule has 1 aliphatic heterocycles. The number of benzene rings is 2. The predicted molar refractivity (Wildman–Crippen MR) is 116 cm³/mol. The molecule has 0 bridgehead atoms. The fourth-order valence-corrected chi connectivity index (χ4v) is 3.42. The van der Waals surface area contributed by atoms with Gasteiger partial charge in [-0.25, -0.2) is 4.39 Å². The molecule has 2 heterocycles. The van der Waals surface area contributed by atoms with Crippen molar-refractivity contribution in [2.75, 3.05) is 16.8 Å². The van der Waals surface area contributed by atoms with Crippen molar-refractivity contribution in [2.24, 2.45) is 0 Å². The minimum Gasteiger partial charge on any atom is -0.487 e. The molecular formula is C24H22FN3O3. The quantitative estimate of drug-likeness (QED) is 0.639. The Morgan fingerprint density at radius 3 is 2.77 bits per heavy atom. The van der Waals surface area contributed by atoms with Crippen LogP contribution in [0, 0.1) is 12.7 Å². The zero-order chi connectivity index (χ0) is 21.8. The molecule has 0 unspecified atom stereocenters. The summed E-state index contributed by atoms with van der Waals surface area (Å²) in [5, 5.41) is 2.70. The van der Waals surface area contributed by atoms with Crippen molar-refractivity contribution < 1.29 is 18.7 Å². The van der Waals surface area contributed by atoms with E-state index in [1.165, 1.54) is 17.0 Å². The van der Waals surface area contributed by atoms with Crippen molar-refractivity contribution in [2.45, 2.75) is 26.4 Å². The summed E-state index contributed by atoms with van der Waals surface area (Å²) in [6, 6.07) is 15.1. The van der Waals surface area contributed by atoms with E-state index in [9.17, 15) is 14.0 Å². The molecule has 1 aromatic heterocycles. The highest BCUT2D eigenvalue weighted by molar-refractivity contribution is 6.04. The summed E-state index contributed by atoms with van der Waals surface area (Å²) in [5.41, 5.74) is 2.72. The number of carbonyl (C=O) groups excluding carboxylic acids is 2. The van der Waals surface area contributed by atoms with Crippen LogP contribution in [0.25, 0.3) is 0 Å². The standard InChI is InChI=1S/C24H22FN3O3/c1-16-7-9-20(14-26-16)31-15-17-4-2-5-18(12-17)24(30)27-19-8-10-22(21(25)13-19)28-11-3-6-23(28)29/h2,4-5,7-10,12-14H,3,6,11,15H2,1H3,(H,27,30). The first-order valence-electron chi connectivity index (χ1n) is 10.1. The molecule has 1 fully saturated rings. The smallest absolute Gasteiger partial charge is 0.255 e. The largest absolute Gasteiger partial charge is 0.487 e. The number of nitrogens with one attached hydrogen (secondary N) is 1. The zero-order valence-corrected chi connectivity index (χ0v) is 17.1. The number of pyridine rings is 1. The average molecular weight is 419 g/mol. The van der Waals surface area contributed by atoms with Crippen LogP contribution in [-0.2, 0) is 11.4 Å². The van der Waals surface area contributed by atoms with Gasteiger partial charge in [-0.15, -0.1) is 0 Å². The molecule has 0 aliphatic carbocycles. The Balaban J connectivity index is 1.41. The number of aromatic nitrogens is 1. The Morgan fingerprint density at radius 1 is 1.19 bits per heavy atom. The van der Waals surface area contributed by atoms with Crippen LogP contribution < -0.4 is 15.0 Å². The molecule has 2 aromatic carbocycles. The molecular weight excluding hydrogens is 397 g/mol. The summed E-state index contributed by atoms with van der Waals surface area (Å²) in [7, 11) is 0. The maximum atomic E-state index is 14.5. The first-order valence-corrected chi connectivity index (χ1v) is 10.1. The summed E-state index contributed by atoms with van der Waals surface area (Å²) in [6.07, 6.45) is 2.80. The third-order valence-electron chi connectivity index (χ3n) is 5.05. The third kappa shape index (κ3) is 4.88. The van der Waals surface area contributed by atoms with Gasteiger partial charge in [-0.05, 0) is 61.4 Å². The van der Waals surface area contributed by atoms with Crippen molar-refractivity contribution in [3.05, 3.63) is 83.4 Å². The lowest BCUT2D eigenvalue weighted by molar-refractivity contribution is -0.117. The van der Waals surface area contributed by atoms with E-state index in [1.54, 1.807) is 30.5 Å². The number of carbonyl (C=O) groups is 2. The van der Waals surface area contributed by atoms with Gasteiger partial charge >= 0.3 is 0 Å². The second-order valence-electron chi connectivity index (χ2n) is 7.39. The molecule has 7 heteroatoms. The van der Waals surface area contributed by atoms with E-state index in [-0.39, 0.29) is 17.5 Å². The van der Waals surface area contributed by atoms with Gasteiger partial charge in [0.15, 0.2) is 0 Å². The van der Waals surface area contributed by atoms with E-state index in [4.69, 9.17) is 4.74 Å². The van der Waals surface area contributed by atoms with Crippen molar-refractivity contribution in [1.82, 2.24) is 4.98 Å². The number of anilines is 2. The number of ether oxygens (including phenoxy) is 1. The van der Waals surface area contributed by atoms with Crippen LogP contribution in [0.1, 0.15) is 34.5 Å². The van der Waals surface area contributed by atoms with Gasteiger partial charge < -0.3 is 15.0 Å². The first-order chi connectivity index (χ1) is 15.0. The summed E-state index contributed by atoms with van der Waals surface area (Å²) in [4.78, 5) is 30.1. The van der Waals surface area contributed by atoms with Gasteiger partial charge in [0, 0.05) is 29.9 Å². The fourth-order valence-electron chi connectivity index (χ4n) is 3.42. The van der Waals surface area contributed by atoms with E-state index in [0.717, 1.165) is 17.7 Å². The van der Waals surface area contributed by atoms with Crippen LogP contribution in [0.2, 0.25) is 0 Å². The SMILES string of the molecule is Cc1ccc(OCc2cccc(C(=O)Nc3ccc(N4CCCC4=O)c(F)c3)c2)cn1. The molecule has 31 heavy (non-hydrogen) atoms. The van der Waals surface area contributed by atoms with Gasteiger partial charge in [-0.3, -0.25) is 14.6 Å². The van der Waals surface area contributed by atoms with E-state index < -0.39 is 5.82 Å². The lowest BCUT2D eigenvalue weighted by Crippen LogP contribution is -2.24. The number of nitrogens with zero attached hydrogens (tertiary/aromatic N) is 2. The molecule has 2 amide bonds. The lowest BCUT2D eigenvalue weighted by Gasteiger charge is -2.17. The average Bonchev–Trinajstić information content (AvgIpc) is 3.19. The molecule has 0 spiro atoms. The van der Waals surface area contributed by atoms with E-state index in [2.05, 4.69) is 10.3 Å². The van der Waals surface area contributed by atoms with Crippen LogP contribution in [-0.4, -0.2) is 23.3 Å². The molecule has 3 aromatic rings. The Labute approximate surface area is 179 Å². The second kappa shape index (κ2) is 8.95. The Kier molecular flexibility index (Phi) is 5.93. The molecule has 0 radical (unpaired) electrons. The van der Waals surface area contributed by atoms with E-state index in [1.807, 2.05) is 25.1 Å². The van der Waals surface area contributed by atoms with Crippen LogP contribution in [0.15, 0.2) is 60.8 Å². The summed E-state index contributed by atoms with van der Waals surface area (Å²) < 4.78 is 20.2. The minimum absolute atomic E-state index is 0.0869. The number of amides is 2. The Morgan fingerprint density at radius 2 is 2.06 bits per heavy atom. The monoisotopic (exact) mass is 419 g/mol. The van der Waals surface area contributed by atoms with Gasteiger partial charge in [-0.2, -0.15) is 0 Å². The van der Waals surface area contributed by atoms with Crippen molar-refractivity contribution in [3.63, 3.8) is 0 Å². The summed E-state index contributed by atoms with van der Waals surface area (Å²) in [5.74, 6) is -0.339. The van der Waals surface area contributed by atoms with Gasteiger partial charge in [0.2, 0.25) is 5.91 Å². The molecule has 158 valence electrons. The molecule has 0 atom stereocenters. The van der Waals surface area contributed by atoms with Crippen LogP contribution in [0.3, 0.4) is 0 Å². The molecule has 0 saturated carbocycles. The zero-order valence-electron chi connectivity index (χ0n) is 17.1. The van der Waals surface area contributed by atoms with Crippen LogP contribution in [0.5, 0.6) is 5.75 Å². The summed E-state index contributed by atoms with van der Waals surface area (Å²) in [6.45, 7) is 2.70. The minimum atomic E-state index is -0.540. The summed E-state index contributed by atoms with van der Waals surface area (Å²) >= 11 is 0. The number of rotatable bonds is 6. The van der Waals surface area contributed by atoms with Crippen molar-refractivity contribution >= 4 is 23.2 Å². The number of halogens is 1. The predicted octanol–water partition coefficient (Wildman–Crippen LogP) is 4.49. The highest BCUT2D eigenvalue weighted by Crippen LogP contribution is 2.27. The maximum absolute atomic E-state index is 14.5. The van der Waals surface area contributed by atoms with Gasteiger partial charge in [0.1, 0.15) is 18.2 Å². The highest BCUT2D eigenvalue weighted by Gasteiger charge is 2.24.